The van der Waals surface area contributed by atoms with Crippen LogP contribution in [0.2, 0.25) is 0 Å². The second-order valence-electron chi connectivity index (χ2n) is 8.36. The molecule has 0 aliphatic heterocycles. The zero-order valence-electron chi connectivity index (χ0n) is 20.7. The van der Waals surface area contributed by atoms with Gasteiger partial charge in [-0.2, -0.15) is 0 Å². The molecule has 0 saturated heterocycles. The third kappa shape index (κ3) is 49.6. The standard InChI is InChI=1S/C23H47NOS.4ClH.Na.Ti/c1-2-3-4-5-6-7-8-9-10-11-12-13-14-15-16-17-18-19-20-21-22-24-23(25)26;;;;;;/h2-22H2,1H3,(H2,24,25,26);4*1H;;/q;;;;;+1;+4/p-5. The van der Waals surface area contributed by atoms with E-state index < -0.39 is 12.3 Å². The number of rotatable bonds is 21. The van der Waals surface area contributed by atoms with Crippen LogP contribution in [0.1, 0.15) is 135 Å². The molecule has 0 spiro atoms. The molecule has 0 fully saturated rings. The van der Waals surface area contributed by atoms with Gasteiger partial charge in [0.2, 0.25) is 0 Å². The molecule has 0 bridgehead atoms. The molecule has 0 rings (SSSR count). The average molecular weight is 597 g/mol. The minimum atomic E-state index is -3.11. The van der Waals surface area contributed by atoms with Gasteiger partial charge in [0, 0.05) is 11.7 Å². The van der Waals surface area contributed by atoms with Crippen molar-refractivity contribution in [2.24, 2.45) is 0 Å². The first kappa shape index (κ1) is 39.1. The minimum absolute atomic E-state index is 0. The molecule has 0 atom stereocenters. The van der Waals surface area contributed by atoms with E-state index in [0.29, 0.717) is 0 Å². The summed E-state index contributed by atoms with van der Waals surface area (Å²) >= 11 is 1.34. The van der Waals surface area contributed by atoms with E-state index >= 15 is 0 Å². The molecule has 1 N–H and O–H groups in total. The van der Waals surface area contributed by atoms with Crippen molar-refractivity contribution in [3.05, 3.63) is 0 Å². The van der Waals surface area contributed by atoms with Crippen LogP contribution < -0.4 is 40.0 Å². The minimum Gasteiger partial charge on any atom is 1.00 e. The van der Waals surface area contributed by atoms with Crippen molar-refractivity contribution in [2.75, 3.05) is 6.54 Å². The summed E-state index contributed by atoms with van der Waals surface area (Å²) in [6.07, 6.45) is 27.9. The van der Waals surface area contributed by atoms with Gasteiger partial charge in [-0.15, -0.1) is 0 Å². The van der Waals surface area contributed by atoms with Crippen LogP contribution in [-0.2, 0) is 12.3 Å². The summed E-state index contributed by atoms with van der Waals surface area (Å²) in [6.45, 7) is 3.04. The van der Waals surface area contributed by atoms with Gasteiger partial charge in [-0.05, 0) is 6.42 Å². The Bertz CT molecular complexity index is 374. The van der Waals surface area contributed by atoms with Crippen molar-refractivity contribution in [3.63, 3.8) is 0 Å². The molecule has 0 saturated carbocycles. The Labute approximate surface area is 246 Å². The van der Waals surface area contributed by atoms with E-state index in [1.165, 1.54) is 122 Å². The molecule has 0 aromatic carbocycles. The van der Waals surface area contributed by atoms with Gasteiger partial charge in [0.05, 0.1) is 0 Å². The Morgan fingerprint density at radius 1 is 0.594 bits per heavy atom. The number of halogens is 4. The molecule has 0 aromatic rings. The van der Waals surface area contributed by atoms with Crippen LogP contribution in [-0.4, -0.2) is 11.7 Å². The van der Waals surface area contributed by atoms with E-state index in [1.807, 2.05) is 0 Å². The number of thiocarbonyl (C=S) groups is 1. The van der Waals surface area contributed by atoms with E-state index in [1.54, 1.807) is 0 Å². The van der Waals surface area contributed by atoms with E-state index in [-0.39, 0.29) is 34.7 Å². The van der Waals surface area contributed by atoms with Crippen molar-refractivity contribution < 1.29 is 47.0 Å². The van der Waals surface area contributed by atoms with Gasteiger partial charge in [-0.25, -0.2) is 0 Å². The Kier molecular flexibility index (Phi) is 38.6. The molecule has 9 heteroatoms. The van der Waals surface area contributed by atoms with Crippen LogP contribution in [0.15, 0.2) is 0 Å². The van der Waals surface area contributed by atoms with Crippen molar-refractivity contribution in [1.82, 2.24) is 5.32 Å². The maximum absolute atomic E-state index is 10.5. The molecule has 0 amide bonds. The molecule has 0 aromatic heterocycles. The van der Waals surface area contributed by atoms with E-state index in [9.17, 15) is 5.11 Å². The molecule has 2 nitrogen and oxygen atoms in total. The summed E-state index contributed by atoms with van der Waals surface area (Å²) in [6, 6.07) is 0. The fourth-order valence-electron chi connectivity index (χ4n) is 3.57. The first-order chi connectivity index (χ1) is 14.8. The third-order valence-corrected chi connectivity index (χ3v) is 5.44. The zero-order valence-corrected chi connectivity index (χ0v) is 28.1. The normalized spacial score (nSPS) is 10.8. The molecule has 0 unspecified atom stereocenters. The van der Waals surface area contributed by atoms with Gasteiger partial charge < -0.3 is 10.4 Å². The van der Waals surface area contributed by atoms with Gasteiger partial charge >= 0.3 is 79.1 Å². The van der Waals surface area contributed by atoms with Gasteiger partial charge in [-0.3, -0.25) is 0 Å². The SMILES string of the molecule is CCCCCCCCCCCCCCCCCCCCCCNC([O-])=S.[Cl][Ti]([Cl])([Cl])[Cl].[Na+]. The van der Waals surface area contributed by atoms with Crippen molar-refractivity contribution >= 4 is 54.6 Å². The van der Waals surface area contributed by atoms with Crippen molar-refractivity contribution in [1.29, 1.82) is 0 Å². The molecule has 32 heavy (non-hydrogen) atoms. The summed E-state index contributed by atoms with van der Waals surface area (Å²) in [7, 11) is 20.1. The molecule has 0 heterocycles. The quantitative estimate of drug-likeness (QED) is 0.0899. The van der Waals surface area contributed by atoms with Gasteiger partial charge in [0.15, 0.2) is 0 Å². The Balaban J connectivity index is -0.00000125. The maximum Gasteiger partial charge on any atom is 1.00 e. The second-order valence-corrected chi connectivity index (χ2v) is 24.2. The predicted octanol–water partition coefficient (Wildman–Crippen LogP) is 6.80. The number of nitrogens with one attached hydrogen (secondary N) is 1. The topological polar surface area (TPSA) is 35.1 Å². The Hall–Kier alpha value is 2.56. The van der Waals surface area contributed by atoms with Crippen LogP contribution in [0.25, 0.3) is 0 Å². The summed E-state index contributed by atoms with van der Waals surface area (Å²) in [4.78, 5) is 0. The van der Waals surface area contributed by atoms with Crippen LogP contribution >= 0.6 is 49.4 Å². The van der Waals surface area contributed by atoms with Crippen molar-refractivity contribution in [2.45, 2.75) is 135 Å². The Morgan fingerprint density at radius 3 is 1.03 bits per heavy atom. The third-order valence-electron chi connectivity index (χ3n) is 5.30. The predicted molar refractivity (Wildman–Crippen MR) is 142 cm³/mol. The maximum atomic E-state index is 10.5. The molecule has 0 radical (unpaired) electrons. The molecule has 0 aliphatic carbocycles. The van der Waals surface area contributed by atoms with Gasteiger partial charge in [-0.1, -0.05) is 141 Å². The monoisotopic (exact) mass is 595 g/mol. The van der Waals surface area contributed by atoms with E-state index in [4.69, 9.17) is 37.2 Å². The summed E-state index contributed by atoms with van der Waals surface area (Å²) < 4.78 is 0. The van der Waals surface area contributed by atoms with E-state index in [0.717, 1.165) is 13.0 Å². The molecular formula is C23H46Cl4NNaOSTi. The number of hydrogen-bond donors (Lipinski definition) is 1. The fraction of sp³-hybridized carbons (Fsp3) is 0.957. The number of unbranched alkanes of at least 4 members (excludes halogenated alkanes) is 19. The summed E-state index contributed by atoms with van der Waals surface area (Å²) in [5.74, 6) is 0. The average Bonchev–Trinajstić information content (AvgIpc) is 2.67. The second kappa shape index (κ2) is 31.6. The zero-order chi connectivity index (χ0) is 23.6. The molecule has 188 valence electrons. The fourth-order valence-corrected chi connectivity index (χ4v) is 3.67. The number of hydrogen-bond acceptors (Lipinski definition) is 2. The van der Waals surface area contributed by atoms with Crippen LogP contribution in [0.4, 0.5) is 0 Å². The smallest absolute Gasteiger partial charge is 1.00 e. The van der Waals surface area contributed by atoms with E-state index in [2.05, 4.69) is 24.5 Å². The summed E-state index contributed by atoms with van der Waals surface area (Å²) in [5, 5.41) is 12.9. The first-order valence-corrected chi connectivity index (χ1v) is 21.5. The van der Waals surface area contributed by atoms with Crippen LogP contribution in [0.3, 0.4) is 0 Å². The van der Waals surface area contributed by atoms with Crippen LogP contribution in [0.5, 0.6) is 0 Å². The molecular weight excluding hydrogens is 551 g/mol. The summed E-state index contributed by atoms with van der Waals surface area (Å²) in [5.41, 5.74) is 0. The van der Waals surface area contributed by atoms with Crippen LogP contribution in [0, 0.1) is 0 Å². The first-order valence-electron chi connectivity index (χ1n) is 12.5. The Morgan fingerprint density at radius 2 is 0.812 bits per heavy atom. The van der Waals surface area contributed by atoms with Gasteiger partial charge in [0.1, 0.15) is 0 Å². The van der Waals surface area contributed by atoms with Crippen molar-refractivity contribution in [3.8, 4) is 0 Å². The molecule has 0 aliphatic rings. The largest absolute Gasteiger partial charge is 1.00 e. The van der Waals surface area contributed by atoms with Gasteiger partial charge in [0.25, 0.3) is 0 Å².